The minimum absolute atomic E-state index is 0.0283. The summed E-state index contributed by atoms with van der Waals surface area (Å²) in [5.74, 6) is 7.37. The molecule has 0 spiro atoms. The van der Waals surface area contributed by atoms with Crippen molar-refractivity contribution in [2.24, 2.45) is 0 Å². The first-order valence-electron chi connectivity index (χ1n) is 9.00. The van der Waals surface area contributed by atoms with Crippen LogP contribution in [0.4, 0.5) is 0 Å². The average Bonchev–Trinajstić information content (AvgIpc) is 2.82. The summed E-state index contributed by atoms with van der Waals surface area (Å²) in [6, 6.07) is 20.0. The van der Waals surface area contributed by atoms with Crippen LogP contribution in [0.25, 0.3) is 22.4 Å². The monoisotopic (exact) mass is 389 g/mol. The molecule has 126 valence electrons. The van der Waals surface area contributed by atoms with E-state index in [-0.39, 0.29) is 5.41 Å². The van der Waals surface area contributed by atoms with Gasteiger partial charge in [-0.1, -0.05) is 0 Å². The van der Waals surface area contributed by atoms with E-state index in [1.165, 1.54) is 27.8 Å². The van der Waals surface area contributed by atoms with Crippen molar-refractivity contribution in [2.75, 3.05) is 0 Å². The van der Waals surface area contributed by atoms with E-state index in [0.29, 0.717) is 0 Å². The molecule has 0 saturated carbocycles. The van der Waals surface area contributed by atoms with E-state index < -0.39 is 13.3 Å². The van der Waals surface area contributed by atoms with Crippen molar-refractivity contribution in [1.29, 1.82) is 0 Å². The number of fused-ring (bicyclic) bond motifs is 3. The topological polar surface area (TPSA) is 12.9 Å². The Kier molecular flexibility index (Phi) is 3.70. The summed E-state index contributed by atoms with van der Waals surface area (Å²) in [6.07, 6.45) is 2.09. The van der Waals surface area contributed by atoms with Crippen LogP contribution in [-0.4, -0.2) is 18.3 Å². The Labute approximate surface area is 153 Å². The van der Waals surface area contributed by atoms with Crippen molar-refractivity contribution in [3.05, 3.63) is 71.9 Å². The third-order valence-electron chi connectivity index (χ3n) is 5.50. The molecule has 1 aromatic heterocycles. The molecule has 0 bridgehead atoms. The molecule has 1 nitrogen and oxygen atoms in total. The standard InChI is InChI=1S/C23H25GeN/c1-23(2)20-12-11-17(24(3,4)5)13-18(20)19-15-25-22(14-21(19)23)16-9-7-6-8-10-16/h6-15H,1-5H3. The molecule has 0 unspecified atom stereocenters. The Morgan fingerprint density at radius 3 is 2.20 bits per heavy atom. The van der Waals surface area contributed by atoms with Crippen LogP contribution >= 0.6 is 0 Å². The van der Waals surface area contributed by atoms with Crippen molar-refractivity contribution < 1.29 is 0 Å². The van der Waals surface area contributed by atoms with Crippen LogP contribution in [0.3, 0.4) is 0 Å². The van der Waals surface area contributed by atoms with E-state index >= 15 is 0 Å². The van der Waals surface area contributed by atoms with Gasteiger partial charge in [0.25, 0.3) is 0 Å². The van der Waals surface area contributed by atoms with Crippen molar-refractivity contribution >= 4 is 17.7 Å². The second-order valence-electron chi connectivity index (χ2n) is 8.62. The third kappa shape index (κ3) is 2.65. The van der Waals surface area contributed by atoms with Crippen LogP contribution < -0.4 is 4.40 Å². The molecule has 0 aliphatic heterocycles. The zero-order chi connectivity index (χ0) is 17.8. The van der Waals surface area contributed by atoms with Gasteiger partial charge in [-0.3, -0.25) is 0 Å². The minimum atomic E-state index is -1.85. The molecular formula is C23H25GeN. The molecule has 2 aromatic carbocycles. The van der Waals surface area contributed by atoms with Gasteiger partial charge in [0.15, 0.2) is 0 Å². The first-order valence-corrected chi connectivity index (χ1v) is 16.3. The van der Waals surface area contributed by atoms with Crippen molar-refractivity contribution in [2.45, 2.75) is 36.5 Å². The van der Waals surface area contributed by atoms with Crippen LogP contribution in [0, 0.1) is 0 Å². The fraction of sp³-hybridized carbons (Fsp3) is 0.261. The van der Waals surface area contributed by atoms with Crippen LogP contribution in [0.5, 0.6) is 0 Å². The summed E-state index contributed by atoms with van der Waals surface area (Å²) in [7, 11) is 0. The number of hydrogen-bond donors (Lipinski definition) is 0. The van der Waals surface area contributed by atoms with E-state index in [4.69, 9.17) is 4.98 Å². The molecular weight excluding hydrogens is 363 g/mol. The van der Waals surface area contributed by atoms with Gasteiger partial charge in [-0.15, -0.1) is 0 Å². The van der Waals surface area contributed by atoms with Gasteiger partial charge in [0.05, 0.1) is 0 Å². The fourth-order valence-electron chi connectivity index (χ4n) is 3.88. The van der Waals surface area contributed by atoms with Gasteiger partial charge in [0, 0.05) is 0 Å². The molecule has 0 fully saturated rings. The molecule has 1 aliphatic rings. The van der Waals surface area contributed by atoms with E-state index in [2.05, 4.69) is 91.9 Å². The van der Waals surface area contributed by atoms with E-state index in [1.807, 2.05) is 0 Å². The van der Waals surface area contributed by atoms with Crippen molar-refractivity contribution in [3.8, 4) is 22.4 Å². The zero-order valence-electron chi connectivity index (χ0n) is 15.7. The SMILES string of the molecule is CC1(C)c2cc[c]([Ge]([CH3])([CH3])[CH3])cc2-c2cnc(-c3ccccc3)cc21. The summed E-state index contributed by atoms with van der Waals surface area (Å²) < 4.78 is 1.56. The van der Waals surface area contributed by atoms with Crippen LogP contribution in [0.2, 0.25) is 17.3 Å². The molecule has 1 aliphatic carbocycles. The molecule has 0 amide bonds. The van der Waals surface area contributed by atoms with Crippen molar-refractivity contribution in [3.63, 3.8) is 0 Å². The molecule has 3 aromatic rings. The summed E-state index contributed by atoms with van der Waals surface area (Å²) in [5, 5.41) is 0. The van der Waals surface area contributed by atoms with Gasteiger partial charge in [-0.25, -0.2) is 0 Å². The normalized spacial score (nSPS) is 14.9. The number of pyridine rings is 1. The van der Waals surface area contributed by atoms with Gasteiger partial charge in [-0.05, 0) is 0 Å². The second-order valence-corrected chi connectivity index (χ2v) is 19.3. The molecule has 25 heavy (non-hydrogen) atoms. The van der Waals surface area contributed by atoms with E-state index in [9.17, 15) is 0 Å². The summed E-state index contributed by atoms with van der Waals surface area (Å²) in [5.41, 5.74) is 7.81. The van der Waals surface area contributed by atoms with Crippen LogP contribution in [-0.2, 0) is 5.41 Å². The Bertz CT molecular complexity index is 950. The maximum absolute atomic E-state index is 4.79. The van der Waals surface area contributed by atoms with Gasteiger partial charge in [-0.2, -0.15) is 0 Å². The molecule has 1 heterocycles. The average molecular weight is 388 g/mol. The van der Waals surface area contributed by atoms with Gasteiger partial charge < -0.3 is 0 Å². The number of aromatic nitrogens is 1. The summed E-state index contributed by atoms with van der Waals surface area (Å²) >= 11 is -1.85. The number of rotatable bonds is 2. The molecule has 4 rings (SSSR count). The molecule has 0 radical (unpaired) electrons. The van der Waals surface area contributed by atoms with E-state index in [1.54, 1.807) is 4.40 Å². The number of nitrogens with zero attached hydrogens (tertiary/aromatic N) is 1. The van der Waals surface area contributed by atoms with Gasteiger partial charge in [0.1, 0.15) is 0 Å². The van der Waals surface area contributed by atoms with Crippen LogP contribution in [0.1, 0.15) is 25.0 Å². The molecule has 0 atom stereocenters. The second kappa shape index (κ2) is 5.57. The maximum atomic E-state index is 4.79. The predicted octanol–water partition coefficient (Wildman–Crippen LogP) is 5.60. The first-order chi connectivity index (χ1) is 11.8. The fourth-order valence-corrected chi connectivity index (χ4v) is 6.31. The Balaban J connectivity index is 1.90. The van der Waals surface area contributed by atoms with Crippen LogP contribution in [0.15, 0.2) is 60.8 Å². The summed E-state index contributed by atoms with van der Waals surface area (Å²) in [4.78, 5) is 4.79. The zero-order valence-corrected chi connectivity index (χ0v) is 17.8. The van der Waals surface area contributed by atoms with Gasteiger partial charge in [0.2, 0.25) is 0 Å². The Morgan fingerprint density at radius 1 is 0.800 bits per heavy atom. The first kappa shape index (κ1) is 16.6. The number of benzene rings is 2. The molecule has 2 heteroatoms. The van der Waals surface area contributed by atoms with E-state index in [0.717, 1.165) is 5.69 Å². The third-order valence-corrected chi connectivity index (χ3v) is 9.78. The summed E-state index contributed by atoms with van der Waals surface area (Å²) in [6.45, 7) is 4.68. The Hall–Kier alpha value is -1.87. The quantitative estimate of drug-likeness (QED) is 0.521. The van der Waals surface area contributed by atoms with Crippen molar-refractivity contribution in [1.82, 2.24) is 4.98 Å². The molecule has 0 saturated heterocycles. The Morgan fingerprint density at radius 2 is 1.52 bits per heavy atom. The number of hydrogen-bond acceptors (Lipinski definition) is 1. The molecule has 0 N–H and O–H groups in total. The van der Waals surface area contributed by atoms with Gasteiger partial charge >= 0.3 is 153 Å². The predicted molar refractivity (Wildman–Crippen MR) is 110 cm³/mol.